The minimum Gasteiger partial charge on any atom is -0.494 e. The van der Waals surface area contributed by atoms with E-state index in [1.165, 1.54) is 0 Å². The van der Waals surface area contributed by atoms with Gasteiger partial charge in [-0.15, -0.1) is 11.6 Å². The maximum Gasteiger partial charge on any atom is 0.187 e. The summed E-state index contributed by atoms with van der Waals surface area (Å²) >= 11 is 5.50. The van der Waals surface area contributed by atoms with Crippen LogP contribution in [-0.4, -0.2) is 12.5 Å². The SMILES string of the molecule is [C-]#[N+]c1ccc(OCCCCl)cc1. The van der Waals surface area contributed by atoms with Gasteiger partial charge in [-0.05, 0) is 18.6 Å². The van der Waals surface area contributed by atoms with E-state index in [0.717, 1.165) is 12.2 Å². The summed E-state index contributed by atoms with van der Waals surface area (Å²) in [6, 6.07) is 7.06. The van der Waals surface area contributed by atoms with Gasteiger partial charge in [-0.1, -0.05) is 12.1 Å². The van der Waals surface area contributed by atoms with Crippen molar-refractivity contribution in [3.8, 4) is 5.75 Å². The van der Waals surface area contributed by atoms with Crippen LogP contribution < -0.4 is 4.74 Å². The normalized spacial score (nSPS) is 9.23. The molecule has 1 rings (SSSR count). The van der Waals surface area contributed by atoms with E-state index in [-0.39, 0.29) is 0 Å². The first-order valence-electron chi connectivity index (χ1n) is 4.03. The first kappa shape index (κ1) is 9.88. The van der Waals surface area contributed by atoms with Crippen LogP contribution in [0.25, 0.3) is 4.85 Å². The molecule has 0 aliphatic rings. The molecular weight excluding hydrogens is 186 g/mol. The van der Waals surface area contributed by atoms with Gasteiger partial charge in [-0.25, -0.2) is 4.85 Å². The molecule has 2 nitrogen and oxygen atoms in total. The Morgan fingerprint density at radius 1 is 1.31 bits per heavy atom. The molecule has 0 heterocycles. The van der Waals surface area contributed by atoms with Crippen LogP contribution in [0.15, 0.2) is 24.3 Å². The second kappa shape index (κ2) is 5.45. The molecule has 0 saturated carbocycles. The lowest BCUT2D eigenvalue weighted by Crippen LogP contribution is -1.96. The zero-order valence-corrected chi connectivity index (χ0v) is 7.92. The fraction of sp³-hybridized carbons (Fsp3) is 0.300. The standard InChI is InChI=1S/C10H10ClNO/c1-12-9-3-5-10(6-4-9)13-8-2-7-11/h3-6H,2,7-8H2. The fourth-order valence-electron chi connectivity index (χ4n) is 0.861. The first-order chi connectivity index (χ1) is 6.36. The number of ether oxygens (including phenoxy) is 1. The minimum absolute atomic E-state index is 0.611. The van der Waals surface area contributed by atoms with Crippen molar-refractivity contribution in [1.82, 2.24) is 0 Å². The number of benzene rings is 1. The third-order valence-electron chi connectivity index (χ3n) is 1.51. The van der Waals surface area contributed by atoms with Gasteiger partial charge in [0.05, 0.1) is 13.2 Å². The van der Waals surface area contributed by atoms with Crippen molar-refractivity contribution in [1.29, 1.82) is 0 Å². The highest BCUT2D eigenvalue weighted by atomic mass is 35.5. The van der Waals surface area contributed by atoms with Gasteiger partial charge in [0.15, 0.2) is 5.69 Å². The van der Waals surface area contributed by atoms with E-state index < -0.39 is 0 Å². The van der Waals surface area contributed by atoms with E-state index in [9.17, 15) is 0 Å². The molecule has 0 aliphatic heterocycles. The highest BCUT2D eigenvalue weighted by molar-refractivity contribution is 6.17. The molecule has 0 aromatic heterocycles. The lowest BCUT2D eigenvalue weighted by Gasteiger charge is -2.03. The zero-order valence-electron chi connectivity index (χ0n) is 7.16. The van der Waals surface area contributed by atoms with Gasteiger partial charge in [0, 0.05) is 5.88 Å². The molecule has 1 aromatic carbocycles. The van der Waals surface area contributed by atoms with Crippen LogP contribution in [0.3, 0.4) is 0 Å². The van der Waals surface area contributed by atoms with E-state index in [0.29, 0.717) is 18.2 Å². The number of hydrogen-bond acceptors (Lipinski definition) is 1. The van der Waals surface area contributed by atoms with E-state index >= 15 is 0 Å². The molecule has 13 heavy (non-hydrogen) atoms. The Morgan fingerprint density at radius 2 is 2.00 bits per heavy atom. The number of nitrogens with zero attached hydrogens (tertiary/aromatic N) is 1. The van der Waals surface area contributed by atoms with Crippen LogP contribution in [-0.2, 0) is 0 Å². The molecule has 68 valence electrons. The number of halogens is 1. The highest BCUT2D eigenvalue weighted by Gasteiger charge is 1.93. The average molecular weight is 196 g/mol. The van der Waals surface area contributed by atoms with Crippen LogP contribution in [0.5, 0.6) is 5.75 Å². The second-order valence-corrected chi connectivity index (χ2v) is 2.87. The molecular formula is C10H10ClNO. The van der Waals surface area contributed by atoms with Crippen LogP contribution in [0, 0.1) is 6.57 Å². The Hall–Kier alpha value is -1.20. The van der Waals surface area contributed by atoms with Crippen LogP contribution >= 0.6 is 11.6 Å². The second-order valence-electron chi connectivity index (χ2n) is 2.50. The summed E-state index contributed by atoms with van der Waals surface area (Å²) in [6.45, 7) is 7.37. The molecule has 0 bridgehead atoms. The molecule has 1 aromatic rings. The molecule has 0 saturated heterocycles. The number of alkyl halides is 1. The number of rotatable bonds is 4. The zero-order chi connectivity index (χ0) is 9.52. The molecule has 0 aliphatic carbocycles. The van der Waals surface area contributed by atoms with Gasteiger partial charge >= 0.3 is 0 Å². The molecule has 3 heteroatoms. The van der Waals surface area contributed by atoms with E-state index in [1.54, 1.807) is 24.3 Å². The van der Waals surface area contributed by atoms with Gasteiger partial charge in [0.2, 0.25) is 0 Å². The Labute approximate surface area is 82.9 Å². The monoisotopic (exact) mass is 195 g/mol. The smallest absolute Gasteiger partial charge is 0.187 e. The minimum atomic E-state index is 0.611. The molecule has 0 atom stereocenters. The topological polar surface area (TPSA) is 13.6 Å². The van der Waals surface area contributed by atoms with Crippen molar-refractivity contribution in [3.05, 3.63) is 35.7 Å². The van der Waals surface area contributed by atoms with Crippen molar-refractivity contribution >= 4 is 17.3 Å². The van der Waals surface area contributed by atoms with Crippen LogP contribution in [0.1, 0.15) is 6.42 Å². The first-order valence-corrected chi connectivity index (χ1v) is 4.56. The van der Waals surface area contributed by atoms with E-state index in [4.69, 9.17) is 22.9 Å². The average Bonchev–Trinajstić information content (AvgIpc) is 2.19. The summed E-state index contributed by atoms with van der Waals surface area (Å²) in [5, 5.41) is 0. The molecule has 0 radical (unpaired) electrons. The molecule has 0 amide bonds. The third kappa shape index (κ3) is 3.35. The van der Waals surface area contributed by atoms with E-state index in [1.807, 2.05) is 0 Å². The van der Waals surface area contributed by atoms with Crippen molar-refractivity contribution in [3.63, 3.8) is 0 Å². The van der Waals surface area contributed by atoms with Gasteiger partial charge < -0.3 is 4.74 Å². The summed E-state index contributed by atoms with van der Waals surface area (Å²) in [6.07, 6.45) is 0.839. The molecule has 0 fully saturated rings. The summed E-state index contributed by atoms with van der Waals surface area (Å²) < 4.78 is 5.36. The Bertz CT molecular complexity index is 289. The fourth-order valence-corrected chi connectivity index (χ4v) is 0.971. The maximum absolute atomic E-state index is 6.75. The van der Waals surface area contributed by atoms with Gasteiger partial charge in [0.25, 0.3) is 0 Å². The Morgan fingerprint density at radius 3 is 2.54 bits per heavy atom. The predicted molar refractivity (Wildman–Crippen MR) is 53.5 cm³/mol. The van der Waals surface area contributed by atoms with Gasteiger partial charge in [-0.3, -0.25) is 0 Å². The van der Waals surface area contributed by atoms with Crippen molar-refractivity contribution in [2.24, 2.45) is 0 Å². The lowest BCUT2D eigenvalue weighted by molar-refractivity contribution is 0.318. The number of hydrogen-bond donors (Lipinski definition) is 0. The third-order valence-corrected chi connectivity index (χ3v) is 1.78. The molecule has 0 unspecified atom stereocenters. The Balaban J connectivity index is 2.46. The molecule has 0 N–H and O–H groups in total. The van der Waals surface area contributed by atoms with Crippen molar-refractivity contribution in [2.45, 2.75) is 6.42 Å². The van der Waals surface area contributed by atoms with Crippen molar-refractivity contribution in [2.75, 3.05) is 12.5 Å². The maximum atomic E-state index is 6.75. The van der Waals surface area contributed by atoms with Crippen molar-refractivity contribution < 1.29 is 4.74 Å². The summed E-state index contributed by atoms with van der Waals surface area (Å²) in [5.41, 5.74) is 0.629. The highest BCUT2D eigenvalue weighted by Crippen LogP contribution is 2.17. The summed E-state index contributed by atoms with van der Waals surface area (Å²) in [7, 11) is 0. The quantitative estimate of drug-likeness (QED) is 0.409. The molecule has 0 spiro atoms. The Kier molecular flexibility index (Phi) is 4.14. The van der Waals surface area contributed by atoms with Gasteiger partial charge in [0.1, 0.15) is 5.75 Å². The van der Waals surface area contributed by atoms with E-state index in [2.05, 4.69) is 4.85 Å². The lowest BCUT2D eigenvalue weighted by atomic mass is 10.3. The summed E-state index contributed by atoms with van der Waals surface area (Å²) in [5.74, 6) is 1.40. The van der Waals surface area contributed by atoms with Crippen LogP contribution in [0.2, 0.25) is 0 Å². The predicted octanol–water partition coefficient (Wildman–Crippen LogP) is 3.25. The van der Waals surface area contributed by atoms with Gasteiger partial charge in [-0.2, -0.15) is 0 Å². The summed E-state index contributed by atoms with van der Waals surface area (Å²) in [4.78, 5) is 3.28. The van der Waals surface area contributed by atoms with Crippen LogP contribution in [0.4, 0.5) is 5.69 Å². The largest absolute Gasteiger partial charge is 0.494 e.